The Morgan fingerprint density at radius 1 is 1.03 bits per heavy atom. The van der Waals surface area contributed by atoms with Gasteiger partial charge in [-0.15, -0.1) is 0 Å². The maximum Gasteiger partial charge on any atom is 0.416 e. The van der Waals surface area contributed by atoms with E-state index in [-0.39, 0.29) is 17.5 Å². The van der Waals surface area contributed by atoms with Crippen LogP contribution in [-0.4, -0.2) is 25.8 Å². The number of benzene rings is 1. The molecule has 3 heterocycles. The van der Waals surface area contributed by atoms with Gasteiger partial charge >= 0.3 is 6.18 Å². The van der Waals surface area contributed by atoms with Gasteiger partial charge in [0.2, 0.25) is 5.88 Å². The molecule has 172 valence electrons. The van der Waals surface area contributed by atoms with Gasteiger partial charge in [0, 0.05) is 29.7 Å². The van der Waals surface area contributed by atoms with Crippen molar-refractivity contribution in [3.63, 3.8) is 0 Å². The van der Waals surface area contributed by atoms with E-state index in [9.17, 15) is 18.0 Å². The maximum atomic E-state index is 13.0. The summed E-state index contributed by atoms with van der Waals surface area (Å²) < 4.78 is 43.6. The molecular weight excluding hydrogens is 447 g/mol. The van der Waals surface area contributed by atoms with Crippen LogP contribution in [0.15, 0.2) is 61.3 Å². The molecule has 1 amide bonds. The van der Waals surface area contributed by atoms with E-state index in [0.717, 1.165) is 53.9 Å². The molecule has 1 aliphatic rings. The summed E-state index contributed by atoms with van der Waals surface area (Å²) in [6, 6.07) is 7.44. The highest BCUT2D eigenvalue weighted by Gasteiger charge is 2.30. The van der Waals surface area contributed by atoms with Crippen molar-refractivity contribution in [2.45, 2.75) is 25.4 Å². The lowest BCUT2D eigenvalue weighted by Crippen LogP contribution is -2.13. The van der Waals surface area contributed by atoms with Crippen LogP contribution in [0.2, 0.25) is 0 Å². The number of halogens is 3. The fourth-order valence-electron chi connectivity index (χ4n) is 3.88. The van der Waals surface area contributed by atoms with Crippen LogP contribution in [0.4, 0.5) is 18.9 Å². The van der Waals surface area contributed by atoms with E-state index < -0.39 is 11.7 Å². The predicted octanol–water partition coefficient (Wildman–Crippen LogP) is 5.42. The van der Waals surface area contributed by atoms with E-state index in [0.29, 0.717) is 11.3 Å². The van der Waals surface area contributed by atoms with Crippen LogP contribution < -0.4 is 10.1 Å². The number of hydrogen-bond acceptors (Lipinski definition) is 5. The zero-order valence-corrected chi connectivity index (χ0v) is 17.7. The number of nitrogens with one attached hydrogen (secondary N) is 2. The first-order valence-electron chi connectivity index (χ1n) is 10.5. The Balaban J connectivity index is 1.31. The van der Waals surface area contributed by atoms with E-state index in [1.807, 2.05) is 0 Å². The van der Waals surface area contributed by atoms with Crippen LogP contribution in [0.1, 0.15) is 33.6 Å². The molecule has 0 unspecified atom stereocenters. The molecule has 0 bridgehead atoms. The number of aryl methyl sites for hydroxylation is 2. The van der Waals surface area contributed by atoms with Gasteiger partial charge in [0.25, 0.3) is 5.91 Å². The zero-order valence-electron chi connectivity index (χ0n) is 17.7. The number of anilines is 1. The fourth-order valence-corrected chi connectivity index (χ4v) is 3.88. The molecule has 0 fully saturated rings. The van der Waals surface area contributed by atoms with Gasteiger partial charge in [0.05, 0.1) is 28.7 Å². The minimum absolute atomic E-state index is 0.180. The molecule has 7 nitrogen and oxygen atoms in total. The number of rotatable bonds is 4. The van der Waals surface area contributed by atoms with Crippen molar-refractivity contribution in [1.82, 2.24) is 19.9 Å². The van der Waals surface area contributed by atoms with Crippen molar-refractivity contribution in [1.29, 1.82) is 0 Å². The Labute approximate surface area is 192 Å². The molecule has 2 N–H and O–H groups in total. The highest BCUT2D eigenvalue weighted by molar-refractivity contribution is 6.09. The second-order valence-corrected chi connectivity index (χ2v) is 7.77. The van der Waals surface area contributed by atoms with E-state index in [2.05, 4.69) is 25.3 Å². The quantitative estimate of drug-likeness (QED) is 0.420. The number of hydrogen-bond donors (Lipinski definition) is 2. The molecule has 3 aromatic heterocycles. The normalized spacial score (nSPS) is 12.9. The molecule has 1 aromatic carbocycles. The zero-order chi connectivity index (χ0) is 23.7. The summed E-state index contributed by atoms with van der Waals surface area (Å²) in [5, 5.41) is 2.82. The summed E-state index contributed by atoms with van der Waals surface area (Å²) >= 11 is 0. The van der Waals surface area contributed by atoms with Crippen LogP contribution in [0.5, 0.6) is 11.6 Å². The molecule has 0 radical (unpaired) electrons. The molecule has 34 heavy (non-hydrogen) atoms. The standard InChI is InChI=1S/C24H18F3N5O2/c25-24(26,27)15-4-7-17(8-5-15)34-20-9-6-16(11-30-20)32-23(33)18-12-29-19-3-1-2-14-10-28-13-31-22(14)21(18)19/h4-13,29H,1-3H2,(H,32,33). The van der Waals surface area contributed by atoms with Crippen molar-refractivity contribution in [3.05, 3.63) is 83.7 Å². The van der Waals surface area contributed by atoms with Crippen LogP contribution in [0.25, 0.3) is 11.3 Å². The van der Waals surface area contributed by atoms with Gasteiger partial charge in [0.15, 0.2) is 0 Å². The molecule has 0 spiro atoms. The van der Waals surface area contributed by atoms with Crippen LogP contribution in [0, 0.1) is 0 Å². The molecule has 10 heteroatoms. The molecule has 0 aliphatic heterocycles. The Hall–Kier alpha value is -4.21. The predicted molar refractivity (Wildman–Crippen MR) is 118 cm³/mol. The first-order valence-corrected chi connectivity index (χ1v) is 10.5. The number of aromatic nitrogens is 4. The first kappa shape index (κ1) is 21.6. The van der Waals surface area contributed by atoms with Gasteiger partial charge in [-0.1, -0.05) is 0 Å². The summed E-state index contributed by atoms with van der Waals surface area (Å²) in [7, 11) is 0. The van der Waals surface area contributed by atoms with E-state index in [1.165, 1.54) is 30.7 Å². The molecule has 0 saturated carbocycles. The number of aromatic amines is 1. The smallest absolute Gasteiger partial charge is 0.416 e. The highest BCUT2D eigenvalue weighted by atomic mass is 19.4. The third-order valence-electron chi connectivity index (χ3n) is 5.50. The minimum atomic E-state index is -4.41. The lowest BCUT2D eigenvalue weighted by Gasteiger charge is -2.10. The monoisotopic (exact) mass is 465 g/mol. The van der Waals surface area contributed by atoms with Crippen molar-refractivity contribution in [2.24, 2.45) is 0 Å². The lowest BCUT2D eigenvalue weighted by molar-refractivity contribution is -0.137. The summed E-state index contributed by atoms with van der Waals surface area (Å²) in [6.45, 7) is 0. The third kappa shape index (κ3) is 4.34. The molecule has 5 rings (SSSR count). The maximum absolute atomic E-state index is 13.0. The number of H-pyrrole nitrogens is 1. The van der Waals surface area contributed by atoms with Crippen LogP contribution >= 0.6 is 0 Å². The number of alkyl halides is 3. The third-order valence-corrected chi connectivity index (χ3v) is 5.50. The van der Waals surface area contributed by atoms with Gasteiger partial charge in [0.1, 0.15) is 12.1 Å². The molecule has 1 aliphatic carbocycles. The fraction of sp³-hybridized carbons (Fsp3) is 0.167. The number of carbonyl (C=O) groups excluding carboxylic acids is 1. The Morgan fingerprint density at radius 2 is 1.85 bits per heavy atom. The van der Waals surface area contributed by atoms with Gasteiger partial charge < -0.3 is 15.0 Å². The van der Waals surface area contributed by atoms with Crippen molar-refractivity contribution in [2.75, 3.05) is 5.32 Å². The average molecular weight is 465 g/mol. The average Bonchev–Trinajstić information content (AvgIpc) is 3.16. The number of fused-ring (bicyclic) bond motifs is 3. The van der Waals surface area contributed by atoms with Gasteiger partial charge in [-0.3, -0.25) is 4.79 Å². The van der Waals surface area contributed by atoms with Gasteiger partial charge in [-0.25, -0.2) is 15.0 Å². The number of ether oxygens (including phenoxy) is 1. The van der Waals surface area contributed by atoms with E-state index in [4.69, 9.17) is 4.74 Å². The van der Waals surface area contributed by atoms with Crippen molar-refractivity contribution in [3.8, 4) is 22.9 Å². The molecule has 0 atom stereocenters. The molecule has 0 saturated heterocycles. The van der Waals surface area contributed by atoms with Gasteiger partial charge in [-0.05, 0) is 55.2 Å². The van der Waals surface area contributed by atoms with Crippen LogP contribution in [-0.2, 0) is 19.0 Å². The summed E-state index contributed by atoms with van der Waals surface area (Å²) in [6.07, 6.45) is 4.50. The van der Waals surface area contributed by atoms with Crippen molar-refractivity contribution >= 4 is 11.6 Å². The second-order valence-electron chi connectivity index (χ2n) is 7.77. The molecular formula is C24H18F3N5O2. The number of nitrogens with zero attached hydrogens (tertiary/aromatic N) is 3. The summed E-state index contributed by atoms with van der Waals surface area (Å²) in [5.74, 6) is 0.0778. The lowest BCUT2D eigenvalue weighted by atomic mass is 10.0. The van der Waals surface area contributed by atoms with E-state index in [1.54, 1.807) is 18.5 Å². The highest BCUT2D eigenvalue weighted by Crippen LogP contribution is 2.34. The number of carbonyl (C=O) groups is 1. The SMILES string of the molecule is O=C(Nc1ccc(Oc2ccc(C(F)(F)F)cc2)nc1)c1c[nH]c2c1-c1ncncc1CCC2. The summed E-state index contributed by atoms with van der Waals surface area (Å²) in [4.78, 5) is 28.9. The topological polar surface area (TPSA) is 92.8 Å². The summed E-state index contributed by atoms with van der Waals surface area (Å²) in [5.41, 5.74) is 3.65. The Morgan fingerprint density at radius 3 is 2.59 bits per heavy atom. The van der Waals surface area contributed by atoms with Crippen molar-refractivity contribution < 1.29 is 22.7 Å². The van der Waals surface area contributed by atoms with E-state index >= 15 is 0 Å². The molecule has 4 aromatic rings. The Bertz CT molecular complexity index is 1330. The minimum Gasteiger partial charge on any atom is -0.439 e. The Kier molecular flexibility index (Phi) is 5.48. The largest absolute Gasteiger partial charge is 0.439 e. The first-order chi connectivity index (χ1) is 16.4. The van der Waals surface area contributed by atoms with Gasteiger partial charge in [-0.2, -0.15) is 13.2 Å². The number of pyridine rings is 1. The second kappa shape index (κ2) is 8.62. The number of amides is 1. The van der Waals surface area contributed by atoms with Crippen LogP contribution in [0.3, 0.4) is 0 Å².